The first-order valence-corrected chi connectivity index (χ1v) is 20.7. The quantitative estimate of drug-likeness (QED) is 0.0427. The summed E-state index contributed by atoms with van der Waals surface area (Å²) in [7, 11) is -12.7. The van der Waals surface area contributed by atoms with E-state index in [4.69, 9.17) is 5.26 Å². The van der Waals surface area contributed by atoms with Crippen molar-refractivity contribution in [1.82, 2.24) is 0 Å². The summed E-state index contributed by atoms with van der Waals surface area (Å²) < 4.78 is 104. The first-order chi connectivity index (χ1) is 22.7. The maximum atomic E-state index is 12.0. The van der Waals surface area contributed by atoms with E-state index in [9.17, 15) is 38.9 Å². The first-order valence-electron chi connectivity index (χ1n) is 15.3. The molecule has 18 heteroatoms. The van der Waals surface area contributed by atoms with E-state index in [-0.39, 0.29) is 23.5 Å². The van der Waals surface area contributed by atoms with Gasteiger partial charge in [-0.2, -0.15) is 29.8 Å². The number of hydrogen-bond donors (Lipinski definition) is 4. The van der Waals surface area contributed by atoms with Gasteiger partial charge in [0, 0.05) is 52.4 Å². The molecule has 0 saturated carbocycles. The van der Waals surface area contributed by atoms with Crippen LogP contribution in [0.4, 0.5) is 11.4 Å². The average molecular weight is 762 g/mol. The molecule has 0 bridgehead atoms. The van der Waals surface area contributed by atoms with Gasteiger partial charge in [0.25, 0.3) is 30.4 Å². The maximum absolute atomic E-state index is 12.0. The summed E-state index contributed by atoms with van der Waals surface area (Å²) in [5.74, 6) is -0.761. The number of unbranched alkanes of at least 4 members (excludes halogenated alkanes) is 2. The van der Waals surface area contributed by atoms with Crippen LogP contribution in [0.1, 0.15) is 64.5 Å². The minimum atomic E-state index is -4.48. The Morgan fingerprint density at radius 3 is 2.10 bits per heavy atom. The zero-order valence-electron chi connectivity index (χ0n) is 27.4. The molecule has 0 aromatic heterocycles. The molecular formula is C31H41N2O12S4+. The second-order valence-electron chi connectivity index (χ2n) is 12.9. The van der Waals surface area contributed by atoms with E-state index < -0.39 is 46.9 Å². The summed E-state index contributed by atoms with van der Waals surface area (Å²) >= 11 is 0.826. The number of rotatable bonds is 16. The Bertz CT molecular complexity index is 2000. The molecular weight excluding hydrogens is 721 g/mol. The molecule has 0 amide bonds. The van der Waals surface area contributed by atoms with Gasteiger partial charge in [0.15, 0.2) is 5.71 Å². The van der Waals surface area contributed by atoms with Crippen LogP contribution in [0.25, 0.3) is 0 Å². The van der Waals surface area contributed by atoms with Crippen molar-refractivity contribution in [3.8, 4) is 0 Å². The zero-order valence-corrected chi connectivity index (χ0v) is 30.7. The van der Waals surface area contributed by atoms with E-state index in [0.717, 1.165) is 34.7 Å². The van der Waals surface area contributed by atoms with Crippen LogP contribution >= 0.6 is 12.0 Å². The fraction of sp³-hybridized carbons (Fsp3) is 0.452. The molecule has 4 N–H and O–H groups in total. The fourth-order valence-electron chi connectivity index (χ4n) is 6.40. The van der Waals surface area contributed by atoms with Crippen LogP contribution in [0.5, 0.6) is 0 Å². The van der Waals surface area contributed by atoms with Crippen molar-refractivity contribution in [2.24, 2.45) is 0 Å². The van der Waals surface area contributed by atoms with Crippen LogP contribution in [0.15, 0.2) is 70.1 Å². The van der Waals surface area contributed by atoms with Gasteiger partial charge >= 0.3 is 0 Å². The van der Waals surface area contributed by atoms with Crippen LogP contribution < -0.4 is 4.90 Å². The lowest BCUT2D eigenvalue weighted by molar-refractivity contribution is -0.438. The molecule has 2 aromatic carbocycles. The van der Waals surface area contributed by atoms with E-state index >= 15 is 0 Å². The minimum Gasteiger partial charge on any atom is -0.344 e. The average Bonchev–Trinajstić information content (AvgIpc) is 3.33. The van der Waals surface area contributed by atoms with Crippen LogP contribution in [0.2, 0.25) is 0 Å². The predicted molar refractivity (Wildman–Crippen MR) is 185 cm³/mol. The summed E-state index contributed by atoms with van der Waals surface area (Å²) in [6.45, 7) is 8.70. The number of anilines is 1. The molecule has 0 aliphatic carbocycles. The number of fused-ring (bicyclic) bond motifs is 2. The molecule has 2 heterocycles. The maximum Gasteiger partial charge on any atom is 0.294 e. The third kappa shape index (κ3) is 9.37. The molecule has 0 saturated heterocycles. The second kappa shape index (κ2) is 14.9. The highest BCUT2D eigenvalue weighted by atomic mass is 32.2. The first kappa shape index (κ1) is 39.1. The second-order valence-corrected chi connectivity index (χ2v) is 18.2. The summed E-state index contributed by atoms with van der Waals surface area (Å²) in [6, 6.07) is 9.93. The highest BCUT2D eigenvalue weighted by molar-refractivity contribution is 7.94. The Morgan fingerprint density at radius 2 is 1.49 bits per heavy atom. The van der Waals surface area contributed by atoms with Gasteiger partial charge in [-0.3, -0.25) is 13.7 Å². The van der Waals surface area contributed by atoms with Gasteiger partial charge in [-0.25, -0.2) is 5.26 Å². The molecule has 2 aliphatic heterocycles. The van der Waals surface area contributed by atoms with Gasteiger partial charge in [0.1, 0.15) is 6.54 Å². The Balaban J connectivity index is 1.75. The number of hydrogen-bond acceptors (Lipinski definition) is 11. The van der Waals surface area contributed by atoms with Crippen molar-refractivity contribution < 1.29 is 58.1 Å². The third-order valence-corrected chi connectivity index (χ3v) is 11.8. The molecule has 270 valence electrons. The zero-order chi connectivity index (χ0) is 36.4. The Hall–Kier alpha value is -2.65. The van der Waals surface area contributed by atoms with E-state index in [1.807, 2.05) is 63.0 Å². The molecule has 0 atom stereocenters. The van der Waals surface area contributed by atoms with Crippen molar-refractivity contribution in [3.63, 3.8) is 0 Å². The molecule has 0 unspecified atom stereocenters. The molecule has 49 heavy (non-hydrogen) atoms. The fourth-order valence-corrected chi connectivity index (χ4v) is 8.44. The predicted octanol–water partition coefficient (Wildman–Crippen LogP) is 5.31. The number of nitrogens with zero attached hydrogens (tertiary/aromatic N) is 2. The van der Waals surface area contributed by atoms with Crippen LogP contribution in [-0.4, -0.2) is 79.1 Å². The summed E-state index contributed by atoms with van der Waals surface area (Å²) in [5.41, 5.74) is 3.54. The van der Waals surface area contributed by atoms with E-state index in [1.165, 1.54) is 12.1 Å². The minimum absolute atomic E-state index is 0.198. The molecule has 2 aliphatic rings. The lowest BCUT2D eigenvalue weighted by atomic mass is 9.81. The Morgan fingerprint density at radius 1 is 0.837 bits per heavy atom. The van der Waals surface area contributed by atoms with Crippen molar-refractivity contribution in [1.29, 1.82) is 0 Å². The number of allylic oxidation sites excluding steroid dienone is 4. The standard InChI is InChI=1S/C31H40N2O12S4/c1-30(2)24-20-22(46-45-44-34)12-14-26(24)32(16-5-7-18-47(35,36)37)28(30)10-9-11-29-31(3,4)25-21-23(49(41,42)43)13-15-27(25)33(29)17-6-8-19-48(38,39)40/h9-15,20-21H,5-8,16-19H2,1-4H3,(H3-,34,35,36,37,38,39,40,41,42,43)/p+1. The largest absolute Gasteiger partial charge is 0.344 e. The van der Waals surface area contributed by atoms with Crippen molar-refractivity contribution in [2.45, 2.75) is 74.0 Å². The van der Waals surface area contributed by atoms with Crippen molar-refractivity contribution >= 4 is 59.5 Å². The normalized spacial score (nSPS) is 18.1. The SMILES string of the molecule is CC1(C)C(=CC=CC2=[N+](CCCCS(=O)(=O)O)c3ccc(SOOO)cc3C2(C)C)N(CCCCS(=O)(=O)O)c2ccc(S(=O)(=O)O)cc21. The summed E-state index contributed by atoms with van der Waals surface area (Å²) in [4.78, 5) is 2.39. The highest BCUT2D eigenvalue weighted by Crippen LogP contribution is 2.49. The summed E-state index contributed by atoms with van der Waals surface area (Å²) in [6.07, 6.45) is 7.00. The van der Waals surface area contributed by atoms with Gasteiger partial charge in [-0.15, -0.1) is 4.33 Å². The smallest absolute Gasteiger partial charge is 0.294 e. The topological polar surface area (TPSA) is 208 Å². The van der Waals surface area contributed by atoms with Crippen molar-refractivity contribution in [2.75, 3.05) is 29.5 Å². The molecule has 0 fully saturated rings. The van der Waals surface area contributed by atoms with E-state index in [1.54, 1.807) is 12.1 Å². The van der Waals surface area contributed by atoms with E-state index in [0.29, 0.717) is 42.1 Å². The van der Waals surface area contributed by atoms with E-state index in [2.05, 4.69) is 13.9 Å². The lowest BCUT2D eigenvalue weighted by Crippen LogP contribution is -2.28. The molecule has 0 radical (unpaired) electrons. The van der Waals surface area contributed by atoms with Gasteiger partial charge in [0.2, 0.25) is 5.69 Å². The molecule has 2 aromatic rings. The van der Waals surface area contributed by atoms with Gasteiger partial charge in [-0.05, 0) is 75.1 Å². The van der Waals surface area contributed by atoms with Gasteiger partial charge < -0.3 is 4.90 Å². The van der Waals surface area contributed by atoms with Gasteiger partial charge in [-0.1, -0.05) is 25.0 Å². The monoisotopic (exact) mass is 761 g/mol. The van der Waals surface area contributed by atoms with Gasteiger partial charge in [0.05, 0.1) is 33.9 Å². The molecule has 0 spiro atoms. The third-order valence-electron chi connectivity index (χ3n) is 8.76. The Labute approximate surface area is 291 Å². The molecule has 14 nitrogen and oxygen atoms in total. The van der Waals surface area contributed by atoms with Crippen LogP contribution in [0.3, 0.4) is 0 Å². The van der Waals surface area contributed by atoms with Crippen LogP contribution in [0, 0.1) is 0 Å². The number of benzene rings is 2. The highest BCUT2D eigenvalue weighted by Gasteiger charge is 2.45. The van der Waals surface area contributed by atoms with Crippen molar-refractivity contribution in [3.05, 3.63) is 71.5 Å². The lowest BCUT2D eigenvalue weighted by Gasteiger charge is -2.27. The van der Waals surface area contributed by atoms with Crippen LogP contribution in [-0.2, 0) is 50.6 Å². The molecule has 4 rings (SSSR count). The Kier molecular flexibility index (Phi) is 11.9. The summed E-state index contributed by atoms with van der Waals surface area (Å²) in [5, 5.41) is 12.4.